The molecule has 0 atom stereocenters. The van der Waals surface area contributed by atoms with Gasteiger partial charge in [-0.15, -0.1) is 0 Å². The van der Waals surface area contributed by atoms with E-state index >= 15 is 0 Å². The first-order chi connectivity index (χ1) is 7.84. The van der Waals surface area contributed by atoms with Crippen LogP contribution in [0.25, 0.3) is 0 Å². The van der Waals surface area contributed by atoms with Gasteiger partial charge in [0.2, 0.25) is 6.79 Å². The maximum atomic E-state index is 12.0. The SMILES string of the molecule is O=C(C1=CCOC1)c1ccc2c(c1)OCO2. The maximum Gasteiger partial charge on any atom is 0.231 e. The van der Waals surface area contributed by atoms with Crippen LogP contribution in [0.15, 0.2) is 29.8 Å². The molecule has 0 radical (unpaired) electrons. The molecule has 1 aromatic rings. The lowest BCUT2D eigenvalue weighted by molar-refractivity contribution is 0.101. The first kappa shape index (κ1) is 9.42. The van der Waals surface area contributed by atoms with Crippen LogP contribution in [0.1, 0.15) is 10.4 Å². The fraction of sp³-hybridized carbons (Fsp3) is 0.250. The lowest BCUT2D eigenvalue weighted by Gasteiger charge is -2.02. The van der Waals surface area contributed by atoms with Crippen LogP contribution < -0.4 is 9.47 Å². The van der Waals surface area contributed by atoms with Crippen molar-refractivity contribution in [2.75, 3.05) is 20.0 Å². The molecule has 0 aliphatic carbocycles. The zero-order valence-electron chi connectivity index (χ0n) is 8.56. The van der Waals surface area contributed by atoms with E-state index in [0.717, 1.165) is 0 Å². The summed E-state index contributed by atoms with van der Waals surface area (Å²) in [7, 11) is 0. The van der Waals surface area contributed by atoms with Crippen molar-refractivity contribution in [3.63, 3.8) is 0 Å². The predicted molar refractivity (Wildman–Crippen MR) is 55.8 cm³/mol. The van der Waals surface area contributed by atoms with Gasteiger partial charge in [0.25, 0.3) is 0 Å². The van der Waals surface area contributed by atoms with Gasteiger partial charge in [-0.2, -0.15) is 0 Å². The van der Waals surface area contributed by atoms with Gasteiger partial charge in [-0.05, 0) is 24.3 Å². The standard InChI is InChI=1S/C12H10O4/c13-12(9-3-4-14-6-9)8-1-2-10-11(5-8)16-7-15-10/h1-3,5H,4,6-7H2. The molecule has 2 aliphatic rings. The van der Waals surface area contributed by atoms with E-state index in [4.69, 9.17) is 14.2 Å². The van der Waals surface area contributed by atoms with E-state index in [1.807, 2.05) is 6.08 Å². The molecule has 4 heteroatoms. The normalized spacial score (nSPS) is 17.4. The molecule has 82 valence electrons. The number of ether oxygens (including phenoxy) is 3. The van der Waals surface area contributed by atoms with Gasteiger partial charge < -0.3 is 14.2 Å². The lowest BCUT2D eigenvalue weighted by atomic mass is 10.0. The molecule has 0 aromatic heterocycles. The van der Waals surface area contributed by atoms with Gasteiger partial charge in [-0.3, -0.25) is 4.79 Å². The summed E-state index contributed by atoms with van der Waals surface area (Å²) < 4.78 is 15.5. The van der Waals surface area contributed by atoms with Crippen molar-refractivity contribution in [3.05, 3.63) is 35.4 Å². The van der Waals surface area contributed by atoms with E-state index in [1.54, 1.807) is 18.2 Å². The molecule has 0 unspecified atom stereocenters. The second-order valence-corrected chi connectivity index (χ2v) is 3.64. The van der Waals surface area contributed by atoms with Crippen molar-refractivity contribution in [3.8, 4) is 11.5 Å². The molecule has 3 rings (SSSR count). The molecule has 4 nitrogen and oxygen atoms in total. The quantitative estimate of drug-likeness (QED) is 0.706. The molecule has 1 aromatic carbocycles. The molecule has 0 N–H and O–H groups in total. The van der Waals surface area contributed by atoms with Crippen molar-refractivity contribution in [2.24, 2.45) is 0 Å². The Morgan fingerprint density at radius 3 is 2.88 bits per heavy atom. The van der Waals surface area contributed by atoms with Gasteiger partial charge in [0, 0.05) is 11.1 Å². The zero-order chi connectivity index (χ0) is 11.0. The summed E-state index contributed by atoms with van der Waals surface area (Å²) in [6.07, 6.45) is 1.81. The Labute approximate surface area is 92.4 Å². The third kappa shape index (κ3) is 1.47. The van der Waals surface area contributed by atoms with Gasteiger partial charge in [0.05, 0.1) is 13.2 Å². The Morgan fingerprint density at radius 2 is 2.06 bits per heavy atom. The highest BCUT2D eigenvalue weighted by molar-refractivity contribution is 6.09. The van der Waals surface area contributed by atoms with Crippen molar-refractivity contribution < 1.29 is 19.0 Å². The summed E-state index contributed by atoms with van der Waals surface area (Å²) in [6, 6.07) is 5.21. The molecule has 0 spiro atoms. The molecular formula is C12H10O4. The Balaban J connectivity index is 1.92. The van der Waals surface area contributed by atoms with E-state index < -0.39 is 0 Å². The highest BCUT2D eigenvalue weighted by Gasteiger charge is 2.19. The predicted octanol–water partition coefficient (Wildman–Crippen LogP) is 1.55. The molecule has 2 heterocycles. The number of fused-ring (bicyclic) bond motifs is 1. The first-order valence-electron chi connectivity index (χ1n) is 5.06. The largest absolute Gasteiger partial charge is 0.454 e. The summed E-state index contributed by atoms with van der Waals surface area (Å²) in [4.78, 5) is 12.0. The second-order valence-electron chi connectivity index (χ2n) is 3.64. The van der Waals surface area contributed by atoms with E-state index in [0.29, 0.717) is 35.8 Å². The molecule has 0 amide bonds. The van der Waals surface area contributed by atoms with Crippen LogP contribution in [0.3, 0.4) is 0 Å². The Kier molecular flexibility index (Phi) is 2.15. The highest BCUT2D eigenvalue weighted by atomic mass is 16.7. The van der Waals surface area contributed by atoms with Crippen LogP contribution in [0, 0.1) is 0 Å². The van der Waals surface area contributed by atoms with Gasteiger partial charge in [-0.1, -0.05) is 0 Å². The van der Waals surface area contributed by atoms with Crippen LogP contribution in [0.4, 0.5) is 0 Å². The minimum absolute atomic E-state index is 0.00389. The van der Waals surface area contributed by atoms with E-state index in [9.17, 15) is 4.79 Å². The maximum absolute atomic E-state index is 12.0. The Hall–Kier alpha value is -1.81. The van der Waals surface area contributed by atoms with Gasteiger partial charge in [0.1, 0.15) is 0 Å². The van der Waals surface area contributed by atoms with Crippen LogP contribution in [-0.4, -0.2) is 25.8 Å². The van der Waals surface area contributed by atoms with E-state index in [1.165, 1.54) is 0 Å². The van der Waals surface area contributed by atoms with Crippen molar-refractivity contribution >= 4 is 5.78 Å². The van der Waals surface area contributed by atoms with Crippen LogP contribution >= 0.6 is 0 Å². The average molecular weight is 218 g/mol. The van der Waals surface area contributed by atoms with Crippen molar-refractivity contribution in [1.82, 2.24) is 0 Å². The van der Waals surface area contributed by atoms with Gasteiger partial charge in [0.15, 0.2) is 17.3 Å². The fourth-order valence-corrected chi connectivity index (χ4v) is 1.77. The first-order valence-corrected chi connectivity index (χ1v) is 5.06. The molecular weight excluding hydrogens is 208 g/mol. The minimum atomic E-state index is -0.00389. The molecule has 0 saturated carbocycles. The van der Waals surface area contributed by atoms with Crippen LogP contribution in [0.5, 0.6) is 11.5 Å². The molecule has 16 heavy (non-hydrogen) atoms. The monoisotopic (exact) mass is 218 g/mol. The molecule has 0 fully saturated rings. The number of hydrogen-bond donors (Lipinski definition) is 0. The minimum Gasteiger partial charge on any atom is -0.454 e. The van der Waals surface area contributed by atoms with Gasteiger partial charge in [-0.25, -0.2) is 0 Å². The zero-order valence-corrected chi connectivity index (χ0v) is 8.56. The summed E-state index contributed by atoms with van der Waals surface area (Å²) >= 11 is 0. The number of benzene rings is 1. The number of carbonyl (C=O) groups is 1. The number of hydrogen-bond acceptors (Lipinski definition) is 4. The second kappa shape index (κ2) is 3.64. The summed E-state index contributed by atoms with van der Waals surface area (Å²) in [6.45, 7) is 1.14. The fourth-order valence-electron chi connectivity index (χ4n) is 1.77. The number of carbonyl (C=O) groups excluding carboxylic acids is 1. The molecule has 2 aliphatic heterocycles. The van der Waals surface area contributed by atoms with Gasteiger partial charge >= 0.3 is 0 Å². The number of Topliss-reactive ketones (excluding diaryl/α,β-unsaturated/α-hetero) is 1. The van der Waals surface area contributed by atoms with E-state index in [-0.39, 0.29) is 12.6 Å². The van der Waals surface area contributed by atoms with Crippen molar-refractivity contribution in [2.45, 2.75) is 0 Å². The molecule has 0 saturated heterocycles. The highest BCUT2D eigenvalue weighted by Crippen LogP contribution is 2.33. The summed E-state index contributed by atoms with van der Waals surface area (Å²) in [5.74, 6) is 1.31. The average Bonchev–Trinajstić information content (AvgIpc) is 2.98. The van der Waals surface area contributed by atoms with E-state index in [2.05, 4.69) is 0 Å². The van der Waals surface area contributed by atoms with Crippen molar-refractivity contribution in [1.29, 1.82) is 0 Å². The molecule has 0 bridgehead atoms. The van der Waals surface area contributed by atoms with Crippen LogP contribution in [0.2, 0.25) is 0 Å². The topological polar surface area (TPSA) is 44.8 Å². The third-order valence-electron chi connectivity index (χ3n) is 2.63. The Bertz CT molecular complexity index is 476. The number of rotatable bonds is 2. The lowest BCUT2D eigenvalue weighted by Crippen LogP contribution is -2.04. The number of ketones is 1. The summed E-state index contributed by atoms with van der Waals surface area (Å²) in [5, 5.41) is 0. The third-order valence-corrected chi connectivity index (χ3v) is 2.63. The smallest absolute Gasteiger partial charge is 0.231 e. The van der Waals surface area contributed by atoms with Crippen LogP contribution in [-0.2, 0) is 4.74 Å². The Morgan fingerprint density at radius 1 is 1.19 bits per heavy atom. The summed E-state index contributed by atoms with van der Waals surface area (Å²) in [5.41, 5.74) is 1.32.